The fourth-order valence-corrected chi connectivity index (χ4v) is 5.74. The van der Waals surface area contributed by atoms with Crippen molar-refractivity contribution in [3.05, 3.63) is 64.2 Å². The van der Waals surface area contributed by atoms with Crippen LogP contribution in [0.5, 0.6) is 5.75 Å². The van der Waals surface area contributed by atoms with Crippen molar-refractivity contribution in [1.29, 1.82) is 0 Å². The van der Waals surface area contributed by atoms with Gasteiger partial charge in [0.25, 0.3) is 11.8 Å². The lowest BCUT2D eigenvalue weighted by Gasteiger charge is -2.36. The number of hydrogen-bond donors (Lipinski definition) is 3. The molecule has 0 aromatic heterocycles. The van der Waals surface area contributed by atoms with Crippen molar-refractivity contribution in [2.75, 3.05) is 19.8 Å². The van der Waals surface area contributed by atoms with E-state index >= 15 is 0 Å². The summed E-state index contributed by atoms with van der Waals surface area (Å²) in [7, 11) is 0. The maximum Gasteiger partial charge on any atom is 0.254 e. The number of aliphatic hydroxyl groups is 1. The molecule has 4 atom stereocenters. The number of amides is 2. The number of nitrogens with two attached hydrogens (primary N) is 1. The van der Waals surface area contributed by atoms with E-state index in [-0.39, 0.29) is 48.4 Å². The maximum absolute atomic E-state index is 13.8. The minimum Gasteiger partial charge on any atom is -0.493 e. The highest BCUT2D eigenvalue weighted by atomic mass is 35.5. The first-order valence-corrected chi connectivity index (χ1v) is 12.4. The van der Waals surface area contributed by atoms with Crippen LogP contribution in [0.15, 0.2) is 36.4 Å². The summed E-state index contributed by atoms with van der Waals surface area (Å²) in [6, 6.07) is 11.3. The molecule has 2 amide bonds. The van der Waals surface area contributed by atoms with E-state index in [2.05, 4.69) is 17.4 Å². The van der Waals surface area contributed by atoms with Crippen LogP contribution in [0.3, 0.4) is 0 Å². The molecule has 3 heterocycles. The Bertz CT molecular complexity index is 1110. The SMILES string of the molecule is CCOc1c(C(N)=O)ccc(C(=O)N2C3CCC2COC3)c1CC(O)C1Cc2ccccc2CN1.Cl. The summed E-state index contributed by atoms with van der Waals surface area (Å²) in [6.07, 6.45) is 1.87. The first-order chi connectivity index (χ1) is 17.0. The van der Waals surface area contributed by atoms with Crippen LogP contribution in [0.25, 0.3) is 0 Å². The average molecular weight is 516 g/mol. The Morgan fingerprint density at radius 1 is 1.14 bits per heavy atom. The van der Waals surface area contributed by atoms with Crippen molar-refractivity contribution in [2.45, 2.75) is 63.4 Å². The van der Waals surface area contributed by atoms with Gasteiger partial charge in [-0.05, 0) is 49.4 Å². The molecule has 2 fully saturated rings. The second-order valence-electron chi connectivity index (χ2n) is 9.63. The zero-order valence-corrected chi connectivity index (χ0v) is 21.3. The average Bonchev–Trinajstić information content (AvgIpc) is 3.11. The number of benzene rings is 2. The van der Waals surface area contributed by atoms with Gasteiger partial charge in [-0.25, -0.2) is 0 Å². The molecule has 0 saturated carbocycles. The number of hydrogen-bond acceptors (Lipinski definition) is 6. The fourth-order valence-electron chi connectivity index (χ4n) is 5.74. The maximum atomic E-state index is 13.8. The van der Waals surface area contributed by atoms with E-state index in [1.54, 1.807) is 12.1 Å². The molecule has 8 nitrogen and oxygen atoms in total. The van der Waals surface area contributed by atoms with Crippen molar-refractivity contribution >= 4 is 24.2 Å². The zero-order valence-electron chi connectivity index (χ0n) is 20.4. The minimum atomic E-state index is -0.793. The number of aliphatic hydroxyl groups excluding tert-OH is 1. The molecule has 9 heteroatoms. The lowest BCUT2D eigenvalue weighted by atomic mass is 9.88. The van der Waals surface area contributed by atoms with Gasteiger partial charge in [0.05, 0.1) is 43.6 Å². The number of primary amides is 1. The topological polar surface area (TPSA) is 114 Å². The molecule has 0 radical (unpaired) electrons. The molecule has 194 valence electrons. The highest BCUT2D eigenvalue weighted by Crippen LogP contribution is 2.35. The molecule has 4 N–H and O–H groups in total. The first kappa shape index (κ1) is 26.4. The van der Waals surface area contributed by atoms with Gasteiger partial charge >= 0.3 is 0 Å². The van der Waals surface area contributed by atoms with Crippen LogP contribution in [-0.2, 0) is 24.1 Å². The predicted octanol–water partition coefficient (Wildman–Crippen LogP) is 2.23. The number of carbonyl (C=O) groups is 2. The number of nitrogens with one attached hydrogen (secondary N) is 1. The van der Waals surface area contributed by atoms with E-state index in [4.69, 9.17) is 15.2 Å². The van der Waals surface area contributed by atoms with E-state index in [1.165, 1.54) is 11.1 Å². The third-order valence-electron chi connectivity index (χ3n) is 7.51. The Labute approximate surface area is 217 Å². The molecule has 2 aromatic rings. The second kappa shape index (κ2) is 11.2. The van der Waals surface area contributed by atoms with Crippen molar-refractivity contribution < 1.29 is 24.2 Å². The van der Waals surface area contributed by atoms with E-state index < -0.39 is 12.0 Å². The molecule has 0 aliphatic carbocycles. The molecule has 2 saturated heterocycles. The Hall–Kier alpha value is -2.65. The quantitative estimate of drug-likeness (QED) is 0.521. The Morgan fingerprint density at radius 3 is 2.47 bits per heavy atom. The van der Waals surface area contributed by atoms with Gasteiger partial charge in [0.15, 0.2) is 0 Å². The number of fused-ring (bicyclic) bond motifs is 3. The molecule has 5 rings (SSSR count). The Kier molecular flexibility index (Phi) is 8.20. The molecular weight excluding hydrogens is 482 g/mol. The van der Waals surface area contributed by atoms with Gasteiger partial charge in [-0.2, -0.15) is 0 Å². The van der Waals surface area contributed by atoms with Crippen LogP contribution in [0, 0.1) is 0 Å². The van der Waals surface area contributed by atoms with Gasteiger partial charge in [-0.1, -0.05) is 24.3 Å². The van der Waals surface area contributed by atoms with E-state index in [0.717, 1.165) is 12.8 Å². The molecule has 2 bridgehead atoms. The van der Waals surface area contributed by atoms with Gasteiger partial charge < -0.3 is 30.5 Å². The molecule has 3 aliphatic heterocycles. The van der Waals surface area contributed by atoms with Crippen molar-refractivity contribution in [3.63, 3.8) is 0 Å². The van der Waals surface area contributed by atoms with Gasteiger partial charge in [0.2, 0.25) is 0 Å². The largest absolute Gasteiger partial charge is 0.493 e. The standard InChI is InChI=1S/C27H33N3O5.ClH/c1-2-35-25-21(26(28)32)10-9-20(27(33)30-18-7-8-19(30)15-34-14-18)22(25)12-24(31)23-11-16-5-3-4-6-17(16)13-29-23;/h3-6,9-10,18-19,23-24,29,31H,2,7-8,11-15H2,1H3,(H2,28,32);1H. The Morgan fingerprint density at radius 2 is 1.81 bits per heavy atom. The summed E-state index contributed by atoms with van der Waals surface area (Å²) in [6.45, 7) is 3.85. The number of halogens is 1. The van der Waals surface area contributed by atoms with E-state index in [1.807, 2.05) is 24.0 Å². The van der Waals surface area contributed by atoms with Crippen LogP contribution >= 0.6 is 12.4 Å². The van der Waals surface area contributed by atoms with Gasteiger partial charge in [-0.15, -0.1) is 12.4 Å². The number of nitrogens with zero attached hydrogens (tertiary/aromatic N) is 1. The van der Waals surface area contributed by atoms with Crippen LogP contribution in [0.1, 0.15) is 57.2 Å². The van der Waals surface area contributed by atoms with Crippen molar-refractivity contribution in [3.8, 4) is 5.75 Å². The third-order valence-corrected chi connectivity index (χ3v) is 7.51. The normalized spacial score (nSPS) is 23.4. The molecule has 36 heavy (non-hydrogen) atoms. The first-order valence-electron chi connectivity index (χ1n) is 12.4. The summed E-state index contributed by atoms with van der Waals surface area (Å²) < 4.78 is 11.6. The van der Waals surface area contributed by atoms with E-state index in [0.29, 0.717) is 49.7 Å². The number of ether oxygens (including phenoxy) is 2. The monoisotopic (exact) mass is 515 g/mol. The third kappa shape index (κ3) is 4.95. The molecule has 0 spiro atoms. The van der Waals surface area contributed by atoms with E-state index in [9.17, 15) is 14.7 Å². The molecule has 4 unspecified atom stereocenters. The highest BCUT2D eigenvalue weighted by Gasteiger charge is 2.42. The van der Waals surface area contributed by atoms with Crippen LogP contribution in [0.4, 0.5) is 0 Å². The lowest BCUT2D eigenvalue weighted by molar-refractivity contribution is -0.00728. The Balaban J connectivity index is 0.00000304. The number of carbonyl (C=O) groups excluding carboxylic acids is 2. The predicted molar refractivity (Wildman–Crippen MR) is 138 cm³/mol. The fraction of sp³-hybridized carbons (Fsp3) is 0.481. The zero-order chi connectivity index (χ0) is 24.5. The second-order valence-corrected chi connectivity index (χ2v) is 9.63. The number of morpholine rings is 1. The molecular formula is C27H34ClN3O5. The van der Waals surface area contributed by atoms with Gasteiger partial charge in [0.1, 0.15) is 5.75 Å². The summed E-state index contributed by atoms with van der Waals surface area (Å²) in [5.41, 5.74) is 9.29. The van der Waals surface area contributed by atoms with Crippen LogP contribution in [0.2, 0.25) is 0 Å². The van der Waals surface area contributed by atoms with Gasteiger partial charge in [0, 0.05) is 30.1 Å². The molecule has 2 aromatic carbocycles. The van der Waals surface area contributed by atoms with Crippen LogP contribution in [-0.4, -0.2) is 65.9 Å². The lowest BCUT2D eigenvalue weighted by Crippen LogP contribution is -2.49. The summed E-state index contributed by atoms with van der Waals surface area (Å²) >= 11 is 0. The molecule has 3 aliphatic rings. The summed E-state index contributed by atoms with van der Waals surface area (Å²) in [4.78, 5) is 28.0. The number of rotatable bonds is 7. The van der Waals surface area contributed by atoms with Crippen molar-refractivity contribution in [2.24, 2.45) is 5.73 Å². The highest BCUT2D eigenvalue weighted by molar-refractivity contribution is 6.01. The van der Waals surface area contributed by atoms with Gasteiger partial charge in [-0.3, -0.25) is 9.59 Å². The summed E-state index contributed by atoms with van der Waals surface area (Å²) in [5, 5.41) is 14.8. The van der Waals surface area contributed by atoms with Crippen molar-refractivity contribution in [1.82, 2.24) is 10.2 Å². The van der Waals surface area contributed by atoms with Crippen LogP contribution < -0.4 is 15.8 Å². The minimum absolute atomic E-state index is 0. The summed E-state index contributed by atoms with van der Waals surface area (Å²) in [5.74, 6) is -0.442. The smallest absolute Gasteiger partial charge is 0.254 e.